The number of hydrogen-bond acceptors (Lipinski definition) is 3. The molecule has 7 heteroatoms. The first-order valence-corrected chi connectivity index (χ1v) is 10.5. The van der Waals surface area contributed by atoms with Crippen LogP contribution in [-0.2, 0) is 0 Å². The molecule has 1 saturated carbocycles. The van der Waals surface area contributed by atoms with Gasteiger partial charge in [0.05, 0.1) is 16.7 Å². The lowest BCUT2D eigenvalue weighted by Crippen LogP contribution is -2.01. The minimum absolute atomic E-state index is 0.288. The molecule has 2 aromatic heterocycles. The molecule has 1 aliphatic rings. The van der Waals surface area contributed by atoms with Crippen LogP contribution in [-0.4, -0.2) is 14.5 Å². The van der Waals surface area contributed by atoms with E-state index in [0.29, 0.717) is 22.6 Å². The minimum atomic E-state index is -0.288. The van der Waals surface area contributed by atoms with Crippen LogP contribution >= 0.6 is 11.6 Å². The van der Waals surface area contributed by atoms with Gasteiger partial charge in [-0.1, -0.05) is 11.6 Å². The Kier molecular flexibility index (Phi) is 4.14. The normalized spacial score (nSPS) is 13.7. The fourth-order valence-electron chi connectivity index (χ4n) is 3.88. The fraction of sp³-hybridized carbons (Fsp3) is 0.125. The lowest BCUT2D eigenvalue weighted by atomic mass is 10.2. The summed E-state index contributed by atoms with van der Waals surface area (Å²) in [4.78, 5) is 8.11. The monoisotopic (exact) mass is 432 g/mol. The number of halogens is 2. The topological polar surface area (TPSA) is 54.9 Å². The number of nitrogens with one attached hydrogen (secondary N) is 2. The second-order valence-electron chi connectivity index (χ2n) is 7.76. The predicted molar refractivity (Wildman–Crippen MR) is 121 cm³/mol. The van der Waals surface area contributed by atoms with Crippen molar-refractivity contribution in [1.29, 1.82) is 0 Å². The number of aromatic nitrogens is 3. The van der Waals surface area contributed by atoms with E-state index >= 15 is 0 Å². The number of ether oxygens (including phenoxy) is 1. The Morgan fingerprint density at radius 3 is 2.65 bits per heavy atom. The number of anilines is 2. The van der Waals surface area contributed by atoms with Crippen molar-refractivity contribution in [1.82, 2.24) is 14.5 Å². The molecule has 0 amide bonds. The lowest BCUT2D eigenvalue weighted by molar-refractivity contribution is 0.481. The summed E-state index contributed by atoms with van der Waals surface area (Å²) in [6.45, 7) is 0. The van der Waals surface area contributed by atoms with Gasteiger partial charge in [-0.3, -0.25) is 0 Å². The summed E-state index contributed by atoms with van der Waals surface area (Å²) in [5.74, 6) is 1.78. The largest absolute Gasteiger partial charge is 0.457 e. The van der Waals surface area contributed by atoms with Crippen molar-refractivity contribution in [2.75, 3.05) is 5.32 Å². The highest BCUT2D eigenvalue weighted by Crippen LogP contribution is 2.42. The molecule has 2 N–H and O–H groups in total. The van der Waals surface area contributed by atoms with E-state index in [2.05, 4.69) is 14.9 Å². The van der Waals surface area contributed by atoms with Crippen molar-refractivity contribution in [2.24, 2.45) is 0 Å². The molecule has 0 radical (unpaired) electrons. The van der Waals surface area contributed by atoms with Gasteiger partial charge in [-0.15, -0.1) is 0 Å². The Hall–Kier alpha value is -3.51. The van der Waals surface area contributed by atoms with Crippen LogP contribution in [0.3, 0.4) is 0 Å². The van der Waals surface area contributed by atoms with Gasteiger partial charge in [-0.05, 0) is 67.4 Å². The Morgan fingerprint density at radius 1 is 1.03 bits per heavy atom. The molecule has 5 nitrogen and oxygen atoms in total. The van der Waals surface area contributed by atoms with Crippen LogP contribution in [0.5, 0.6) is 11.5 Å². The first-order valence-electron chi connectivity index (χ1n) is 10.1. The van der Waals surface area contributed by atoms with Gasteiger partial charge in [0.2, 0.25) is 5.95 Å². The molecular weight excluding hydrogens is 415 g/mol. The highest BCUT2D eigenvalue weighted by atomic mass is 35.5. The van der Waals surface area contributed by atoms with E-state index in [0.717, 1.165) is 46.4 Å². The highest BCUT2D eigenvalue weighted by molar-refractivity contribution is 6.31. The smallest absolute Gasteiger partial charge is 0.208 e. The van der Waals surface area contributed by atoms with Gasteiger partial charge in [0, 0.05) is 34.2 Å². The molecule has 0 bridgehead atoms. The summed E-state index contributed by atoms with van der Waals surface area (Å²) in [5.41, 5.74) is 3.83. The Balaban J connectivity index is 1.39. The SMILES string of the molecule is Fc1ccc(Oc2ccc3nc(Nc4c[nH]c5ccc(Cl)cc45)n(C4CC4)c3c2)cc1. The number of benzene rings is 3. The lowest BCUT2D eigenvalue weighted by Gasteiger charge is -2.10. The second kappa shape index (κ2) is 7.03. The van der Waals surface area contributed by atoms with Crippen LogP contribution in [0.15, 0.2) is 66.9 Å². The summed E-state index contributed by atoms with van der Waals surface area (Å²) in [7, 11) is 0. The molecular formula is C24H18ClFN4O. The van der Waals surface area contributed by atoms with Crippen molar-refractivity contribution in [2.45, 2.75) is 18.9 Å². The molecule has 154 valence electrons. The van der Waals surface area contributed by atoms with Gasteiger partial charge in [0.1, 0.15) is 17.3 Å². The van der Waals surface area contributed by atoms with Gasteiger partial charge in [0.25, 0.3) is 0 Å². The molecule has 2 heterocycles. The van der Waals surface area contributed by atoms with Crippen LogP contribution in [0, 0.1) is 5.82 Å². The van der Waals surface area contributed by atoms with Gasteiger partial charge < -0.3 is 19.6 Å². The van der Waals surface area contributed by atoms with Gasteiger partial charge in [-0.2, -0.15) is 0 Å². The van der Waals surface area contributed by atoms with Gasteiger partial charge >= 0.3 is 0 Å². The van der Waals surface area contributed by atoms with Crippen molar-refractivity contribution in [3.63, 3.8) is 0 Å². The molecule has 1 aliphatic carbocycles. The van der Waals surface area contributed by atoms with Crippen LogP contribution in [0.1, 0.15) is 18.9 Å². The van der Waals surface area contributed by atoms with E-state index in [4.69, 9.17) is 21.3 Å². The van der Waals surface area contributed by atoms with E-state index in [9.17, 15) is 4.39 Å². The summed E-state index contributed by atoms with van der Waals surface area (Å²) < 4.78 is 21.3. The van der Waals surface area contributed by atoms with Crippen LogP contribution in [0.2, 0.25) is 5.02 Å². The number of hydrogen-bond donors (Lipinski definition) is 2. The van der Waals surface area contributed by atoms with Crippen molar-refractivity contribution >= 4 is 45.2 Å². The van der Waals surface area contributed by atoms with E-state index < -0.39 is 0 Å². The molecule has 0 saturated heterocycles. The molecule has 3 aromatic carbocycles. The van der Waals surface area contributed by atoms with E-state index in [1.807, 2.05) is 42.6 Å². The number of H-pyrrole nitrogens is 1. The van der Waals surface area contributed by atoms with E-state index in [1.54, 1.807) is 12.1 Å². The van der Waals surface area contributed by atoms with Crippen molar-refractivity contribution < 1.29 is 9.13 Å². The number of rotatable bonds is 5. The third-order valence-corrected chi connectivity index (χ3v) is 5.75. The first kappa shape index (κ1) is 18.3. The zero-order chi connectivity index (χ0) is 20.9. The van der Waals surface area contributed by atoms with E-state index in [1.165, 1.54) is 12.1 Å². The molecule has 1 fully saturated rings. The quantitative estimate of drug-likeness (QED) is 0.309. The molecule has 5 aromatic rings. The van der Waals surface area contributed by atoms with Crippen LogP contribution in [0.25, 0.3) is 21.9 Å². The molecule has 31 heavy (non-hydrogen) atoms. The summed E-state index contributed by atoms with van der Waals surface area (Å²) in [5, 5.41) is 5.19. The average Bonchev–Trinajstić information content (AvgIpc) is 3.43. The zero-order valence-electron chi connectivity index (χ0n) is 16.4. The van der Waals surface area contributed by atoms with Crippen LogP contribution < -0.4 is 10.1 Å². The number of aromatic amines is 1. The number of imidazole rings is 1. The Morgan fingerprint density at radius 2 is 1.84 bits per heavy atom. The van der Waals surface area contributed by atoms with E-state index in [-0.39, 0.29) is 5.82 Å². The maximum absolute atomic E-state index is 13.2. The summed E-state index contributed by atoms with van der Waals surface area (Å²) in [6, 6.07) is 18.0. The summed E-state index contributed by atoms with van der Waals surface area (Å²) >= 11 is 6.20. The molecule has 6 rings (SSSR count). The maximum Gasteiger partial charge on any atom is 0.208 e. The second-order valence-corrected chi connectivity index (χ2v) is 8.20. The molecule has 0 aliphatic heterocycles. The summed E-state index contributed by atoms with van der Waals surface area (Å²) in [6.07, 6.45) is 4.16. The fourth-order valence-corrected chi connectivity index (χ4v) is 4.05. The van der Waals surface area contributed by atoms with Crippen LogP contribution in [0.4, 0.5) is 16.0 Å². The minimum Gasteiger partial charge on any atom is -0.457 e. The standard InChI is InChI=1S/C24H18ClFN4O/c25-14-1-9-20-19(11-14)22(13-27-20)29-24-28-21-10-8-18(12-23(21)30(24)16-4-5-16)31-17-6-2-15(26)3-7-17/h1-3,6-13,16,27H,4-5H2,(H,28,29). The molecule has 0 atom stereocenters. The highest BCUT2D eigenvalue weighted by Gasteiger charge is 2.29. The third-order valence-electron chi connectivity index (χ3n) is 5.51. The zero-order valence-corrected chi connectivity index (χ0v) is 17.2. The Bertz CT molecular complexity index is 1420. The van der Waals surface area contributed by atoms with Gasteiger partial charge in [0.15, 0.2) is 0 Å². The number of fused-ring (bicyclic) bond motifs is 2. The average molecular weight is 433 g/mol. The predicted octanol–water partition coefficient (Wildman–Crippen LogP) is 7.18. The third kappa shape index (κ3) is 3.39. The van der Waals surface area contributed by atoms with Gasteiger partial charge in [-0.25, -0.2) is 9.37 Å². The first-order chi connectivity index (χ1) is 15.1. The molecule has 0 spiro atoms. The molecule has 0 unspecified atom stereocenters. The number of nitrogens with zero attached hydrogens (tertiary/aromatic N) is 2. The van der Waals surface area contributed by atoms with Crippen molar-refractivity contribution in [3.05, 3.63) is 77.7 Å². The van der Waals surface area contributed by atoms with Crippen molar-refractivity contribution in [3.8, 4) is 11.5 Å². The maximum atomic E-state index is 13.2. The Labute approximate surface area is 182 Å².